The highest BCUT2D eigenvalue weighted by Gasteiger charge is 2.28. The topological polar surface area (TPSA) is 63.6 Å². The second-order valence-corrected chi connectivity index (χ2v) is 4.49. The molecule has 0 aliphatic rings. The molecule has 0 atom stereocenters. The molecule has 1 N–H and O–H groups in total. The number of ether oxygens (including phenoxy) is 1. The standard InChI is InChI=1S/C13H16O4/c1-13(2,8-11(14)15)10-7-5-4-6-9(10)12(16)17-3/h4-7H,8H2,1-3H3,(H,14,15). The van der Waals surface area contributed by atoms with Crippen molar-refractivity contribution in [1.82, 2.24) is 0 Å². The van der Waals surface area contributed by atoms with E-state index in [1.54, 1.807) is 38.1 Å². The van der Waals surface area contributed by atoms with Gasteiger partial charge in [0.15, 0.2) is 0 Å². The third-order valence-corrected chi connectivity index (χ3v) is 2.65. The first-order valence-electron chi connectivity index (χ1n) is 5.28. The van der Waals surface area contributed by atoms with Crippen LogP contribution in [0.15, 0.2) is 24.3 Å². The number of carboxylic acids is 1. The highest BCUT2D eigenvalue weighted by molar-refractivity contribution is 5.91. The number of hydrogen-bond donors (Lipinski definition) is 1. The van der Waals surface area contributed by atoms with Crippen molar-refractivity contribution in [3.05, 3.63) is 35.4 Å². The first-order valence-corrected chi connectivity index (χ1v) is 5.28. The van der Waals surface area contributed by atoms with Crippen molar-refractivity contribution in [3.8, 4) is 0 Å². The van der Waals surface area contributed by atoms with Crippen molar-refractivity contribution < 1.29 is 19.4 Å². The second kappa shape index (κ2) is 4.99. The summed E-state index contributed by atoms with van der Waals surface area (Å²) in [5.74, 6) is -1.34. The average Bonchev–Trinajstić information content (AvgIpc) is 2.26. The SMILES string of the molecule is COC(=O)c1ccccc1C(C)(C)CC(=O)O. The summed E-state index contributed by atoms with van der Waals surface area (Å²) in [6.45, 7) is 3.59. The van der Waals surface area contributed by atoms with Gasteiger partial charge < -0.3 is 9.84 Å². The van der Waals surface area contributed by atoms with E-state index in [1.807, 2.05) is 0 Å². The lowest BCUT2D eigenvalue weighted by molar-refractivity contribution is -0.138. The second-order valence-electron chi connectivity index (χ2n) is 4.49. The molecular weight excluding hydrogens is 220 g/mol. The van der Waals surface area contributed by atoms with Crippen LogP contribution in [0.1, 0.15) is 36.2 Å². The molecule has 0 fully saturated rings. The maximum atomic E-state index is 11.6. The number of methoxy groups -OCH3 is 1. The summed E-state index contributed by atoms with van der Waals surface area (Å²) in [5.41, 5.74) is 0.492. The third kappa shape index (κ3) is 3.06. The normalized spacial score (nSPS) is 11.0. The molecule has 1 rings (SSSR count). The minimum absolute atomic E-state index is 0.0407. The van der Waals surface area contributed by atoms with Crippen LogP contribution in [0.3, 0.4) is 0 Å². The smallest absolute Gasteiger partial charge is 0.338 e. The number of aliphatic carboxylic acids is 1. The van der Waals surface area contributed by atoms with Gasteiger partial charge >= 0.3 is 11.9 Å². The number of rotatable bonds is 4. The zero-order valence-corrected chi connectivity index (χ0v) is 10.2. The minimum Gasteiger partial charge on any atom is -0.481 e. The molecule has 92 valence electrons. The summed E-state index contributed by atoms with van der Waals surface area (Å²) in [6, 6.07) is 6.91. The predicted molar refractivity (Wildman–Crippen MR) is 63.1 cm³/mol. The van der Waals surface area contributed by atoms with Crippen LogP contribution >= 0.6 is 0 Å². The molecule has 0 radical (unpaired) electrons. The monoisotopic (exact) mass is 236 g/mol. The van der Waals surface area contributed by atoms with Crippen LogP contribution in [0.4, 0.5) is 0 Å². The molecule has 0 spiro atoms. The van der Waals surface area contributed by atoms with E-state index in [2.05, 4.69) is 0 Å². The van der Waals surface area contributed by atoms with Crippen molar-refractivity contribution >= 4 is 11.9 Å². The summed E-state index contributed by atoms with van der Waals surface area (Å²) in [6.07, 6.45) is -0.0407. The zero-order valence-electron chi connectivity index (χ0n) is 10.2. The lowest BCUT2D eigenvalue weighted by Gasteiger charge is -2.25. The predicted octanol–water partition coefficient (Wildman–Crippen LogP) is 2.23. The molecule has 0 amide bonds. The Bertz CT molecular complexity index is 435. The van der Waals surface area contributed by atoms with E-state index in [-0.39, 0.29) is 6.42 Å². The van der Waals surface area contributed by atoms with E-state index in [9.17, 15) is 9.59 Å². The Morgan fingerprint density at radius 1 is 1.29 bits per heavy atom. The van der Waals surface area contributed by atoms with E-state index in [0.29, 0.717) is 11.1 Å². The fourth-order valence-corrected chi connectivity index (χ4v) is 1.83. The Labute approximate surface area is 100 Å². The summed E-state index contributed by atoms with van der Waals surface area (Å²) in [5, 5.41) is 8.88. The fourth-order valence-electron chi connectivity index (χ4n) is 1.83. The number of carboxylic acid groups (broad SMARTS) is 1. The average molecular weight is 236 g/mol. The van der Waals surface area contributed by atoms with E-state index in [1.165, 1.54) is 7.11 Å². The molecule has 4 nitrogen and oxygen atoms in total. The molecule has 0 unspecified atom stereocenters. The van der Waals surface area contributed by atoms with Crippen LogP contribution in [0.25, 0.3) is 0 Å². The van der Waals surface area contributed by atoms with Crippen molar-refractivity contribution in [2.75, 3.05) is 7.11 Å². The summed E-state index contributed by atoms with van der Waals surface area (Å²) < 4.78 is 4.69. The number of esters is 1. The first-order chi connectivity index (χ1) is 7.88. The number of benzene rings is 1. The maximum absolute atomic E-state index is 11.6. The van der Waals surface area contributed by atoms with Crippen LogP contribution < -0.4 is 0 Å². The first kappa shape index (κ1) is 13.2. The quantitative estimate of drug-likeness (QED) is 0.814. The molecule has 0 aliphatic carbocycles. The van der Waals surface area contributed by atoms with Crippen molar-refractivity contribution in [2.45, 2.75) is 25.7 Å². The van der Waals surface area contributed by atoms with Gasteiger partial charge in [0.1, 0.15) is 0 Å². The zero-order chi connectivity index (χ0) is 13.1. The Morgan fingerprint density at radius 3 is 2.41 bits per heavy atom. The molecule has 17 heavy (non-hydrogen) atoms. The van der Waals surface area contributed by atoms with Gasteiger partial charge in [0, 0.05) is 5.41 Å². The molecule has 4 heteroatoms. The molecule has 1 aromatic carbocycles. The van der Waals surface area contributed by atoms with Crippen LogP contribution in [-0.4, -0.2) is 24.2 Å². The summed E-state index contributed by atoms with van der Waals surface area (Å²) in [7, 11) is 1.31. The summed E-state index contributed by atoms with van der Waals surface area (Å²) in [4.78, 5) is 22.4. The number of carbonyl (C=O) groups is 2. The molecule has 0 saturated heterocycles. The van der Waals surface area contributed by atoms with Crippen LogP contribution in [-0.2, 0) is 14.9 Å². The molecule has 0 aromatic heterocycles. The van der Waals surface area contributed by atoms with E-state index in [0.717, 1.165) is 0 Å². The van der Waals surface area contributed by atoms with Crippen molar-refractivity contribution in [1.29, 1.82) is 0 Å². The van der Waals surface area contributed by atoms with E-state index >= 15 is 0 Å². The van der Waals surface area contributed by atoms with Gasteiger partial charge in [-0.05, 0) is 11.6 Å². The van der Waals surface area contributed by atoms with Gasteiger partial charge in [-0.2, -0.15) is 0 Å². The molecule has 0 bridgehead atoms. The summed E-state index contributed by atoms with van der Waals surface area (Å²) >= 11 is 0. The lowest BCUT2D eigenvalue weighted by Crippen LogP contribution is -2.24. The highest BCUT2D eigenvalue weighted by atomic mass is 16.5. The minimum atomic E-state index is -0.894. The molecule has 0 aliphatic heterocycles. The number of hydrogen-bond acceptors (Lipinski definition) is 3. The molecule has 0 heterocycles. The molecule has 0 saturated carbocycles. The van der Waals surface area contributed by atoms with Crippen molar-refractivity contribution in [2.24, 2.45) is 0 Å². The van der Waals surface area contributed by atoms with Crippen molar-refractivity contribution in [3.63, 3.8) is 0 Å². The molecule has 1 aromatic rings. The Morgan fingerprint density at radius 2 is 1.88 bits per heavy atom. The van der Waals surface area contributed by atoms with Gasteiger partial charge in [-0.15, -0.1) is 0 Å². The van der Waals surface area contributed by atoms with Gasteiger partial charge in [-0.25, -0.2) is 4.79 Å². The maximum Gasteiger partial charge on any atom is 0.338 e. The van der Waals surface area contributed by atoms with Gasteiger partial charge in [0.2, 0.25) is 0 Å². The van der Waals surface area contributed by atoms with Crippen LogP contribution in [0.5, 0.6) is 0 Å². The number of carbonyl (C=O) groups excluding carboxylic acids is 1. The Balaban J connectivity index is 3.21. The van der Waals surface area contributed by atoms with Gasteiger partial charge in [-0.3, -0.25) is 4.79 Å². The van der Waals surface area contributed by atoms with E-state index in [4.69, 9.17) is 9.84 Å². The van der Waals surface area contributed by atoms with E-state index < -0.39 is 17.4 Å². The van der Waals surface area contributed by atoms with Gasteiger partial charge in [0.25, 0.3) is 0 Å². The van der Waals surface area contributed by atoms with Gasteiger partial charge in [-0.1, -0.05) is 32.0 Å². The Kier molecular flexibility index (Phi) is 3.89. The highest BCUT2D eigenvalue weighted by Crippen LogP contribution is 2.30. The lowest BCUT2D eigenvalue weighted by atomic mass is 9.79. The van der Waals surface area contributed by atoms with Crippen LogP contribution in [0.2, 0.25) is 0 Å². The third-order valence-electron chi connectivity index (χ3n) is 2.65. The molecular formula is C13H16O4. The fraction of sp³-hybridized carbons (Fsp3) is 0.385. The van der Waals surface area contributed by atoms with Crippen LogP contribution in [0, 0.1) is 0 Å². The Hall–Kier alpha value is -1.84. The largest absolute Gasteiger partial charge is 0.481 e. The van der Waals surface area contributed by atoms with Gasteiger partial charge in [0.05, 0.1) is 19.1 Å².